The number of primary amides is 1. The van der Waals surface area contributed by atoms with Crippen LogP contribution in [0.4, 0.5) is 0 Å². The van der Waals surface area contributed by atoms with Crippen LogP contribution in [0.1, 0.15) is 53.4 Å². The Morgan fingerprint density at radius 1 is 0.727 bits per heavy atom. The summed E-state index contributed by atoms with van der Waals surface area (Å²) >= 11 is 0. The number of carbonyl (C=O) groups is 6. The Morgan fingerprint density at radius 2 is 1.24 bits per heavy atom. The Hall–Kier alpha value is -3.22. The standard InChI is InChI=1S/C20H35N5O8/c1-9(2)15(24-17(29)11(21)5-8-14(27)28)19(31)23-12(6-7-13(22)26)18(30)25-16(10(3)4)20(32)33/h9-12,15-16H,5-8,21H2,1-4H3,(H2,22,26)(H,23,31)(H,24,29)(H,25,30)(H,27,28)(H,32,33). The number of rotatable bonds is 15. The molecule has 0 fully saturated rings. The molecule has 0 spiro atoms. The average Bonchev–Trinajstić information content (AvgIpc) is 2.69. The number of carboxylic acids is 2. The van der Waals surface area contributed by atoms with Gasteiger partial charge in [0, 0.05) is 12.8 Å². The van der Waals surface area contributed by atoms with E-state index in [0.29, 0.717) is 0 Å². The summed E-state index contributed by atoms with van der Waals surface area (Å²) in [6.45, 7) is 6.44. The van der Waals surface area contributed by atoms with E-state index in [1.807, 2.05) is 0 Å². The Labute approximate surface area is 192 Å². The van der Waals surface area contributed by atoms with Crippen LogP contribution in [0.15, 0.2) is 0 Å². The van der Waals surface area contributed by atoms with Gasteiger partial charge < -0.3 is 37.6 Å². The predicted octanol–water partition coefficient (Wildman–Crippen LogP) is -1.70. The average molecular weight is 474 g/mol. The third-order valence-corrected chi connectivity index (χ3v) is 4.80. The van der Waals surface area contributed by atoms with Gasteiger partial charge in [0.25, 0.3) is 0 Å². The van der Waals surface area contributed by atoms with E-state index in [4.69, 9.17) is 16.6 Å². The number of hydrogen-bond donors (Lipinski definition) is 7. The van der Waals surface area contributed by atoms with E-state index in [1.54, 1.807) is 27.7 Å². The van der Waals surface area contributed by atoms with Crippen LogP contribution < -0.4 is 27.4 Å². The van der Waals surface area contributed by atoms with E-state index in [0.717, 1.165) is 0 Å². The van der Waals surface area contributed by atoms with Gasteiger partial charge in [-0.3, -0.25) is 24.0 Å². The Bertz CT molecular complexity index is 740. The van der Waals surface area contributed by atoms with Crippen molar-refractivity contribution in [1.29, 1.82) is 0 Å². The first-order valence-corrected chi connectivity index (χ1v) is 10.6. The minimum Gasteiger partial charge on any atom is -0.481 e. The van der Waals surface area contributed by atoms with E-state index in [-0.39, 0.29) is 25.7 Å². The van der Waals surface area contributed by atoms with Crippen LogP contribution in [-0.4, -0.2) is 69.9 Å². The molecule has 0 saturated carbocycles. The Balaban J connectivity index is 5.46. The lowest BCUT2D eigenvalue weighted by Crippen LogP contribution is -2.58. The fraction of sp³-hybridized carbons (Fsp3) is 0.700. The number of carbonyl (C=O) groups excluding carboxylic acids is 4. The molecular formula is C20H35N5O8. The predicted molar refractivity (Wildman–Crippen MR) is 116 cm³/mol. The molecule has 0 aromatic carbocycles. The van der Waals surface area contributed by atoms with Gasteiger partial charge in [0.2, 0.25) is 23.6 Å². The zero-order chi connectivity index (χ0) is 25.9. The van der Waals surface area contributed by atoms with Crippen molar-refractivity contribution in [3.05, 3.63) is 0 Å². The second-order valence-corrected chi connectivity index (χ2v) is 8.40. The van der Waals surface area contributed by atoms with Crippen molar-refractivity contribution in [2.24, 2.45) is 23.3 Å². The number of nitrogens with two attached hydrogens (primary N) is 2. The largest absolute Gasteiger partial charge is 0.481 e. The highest BCUT2D eigenvalue weighted by atomic mass is 16.4. The molecule has 13 nitrogen and oxygen atoms in total. The monoisotopic (exact) mass is 473 g/mol. The highest BCUT2D eigenvalue weighted by Crippen LogP contribution is 2.08. The molecule has 9 N–H and O–H groups in total. The van der Waals surface area contributed by atoms with Crippen molar-refractivity contribution < 1.29 is 39.0 Å². The second kappa shape index (κ2) is 14.0. The van der Waals surface area contributed by atoms with Crippen molar-refractivity contribution >= 4 is 35.6 Å². The number of hydrogen-bond acceptors (Lipinski definition) is 7. The minimum atomic E-state index is -1.29. The van der Waals surface area contributed by atoms with Crippen molar-refractivity contribution in [3.8, 4) is 0 Å². The van der Waals surface area contributed by atoms with Crippen molar-refractivity contribution in [2.45, 2.75) is 77.5 Å². The van der Waals surface area contributed by atoms with E-state index < -0.39 is 71.6 Å². The van der Waals surface area contributed by atoms with Crippen LogP contribution in [0.25, 0.3) is 0 Å². The summed E-state index contributed by atoms with van der Waals surface area (Å²) in [5.74, 6) is -6.33. The van der Waals surface area contributed by atoms with Gasteiger partial charge in [0.05, 0.1) is 6.04 Å². The van der Waals surface area contributed by atoms with Crippen LogP contribution in [-0.2, 0) is 28.8 Å². The van der Waals surface area contributed by atoms with Gasteiger partial charge >= 0.3 is 11.9 Å². The van der Waals surface area contributed by atoms with E-state index in [9.17, 15) is 33.9 Å². The first-order chi connectivity index (χ1) is 15.2. The maximum absolute atomic E-state index is 12.8. The molecule has 0 radical (unpaired) electrons. The first-order valence-electron chi connectivity index (χ1n) is 10.6. The molecular weight excluding hydrogens is 438 g/mol. The highest BCUT2D eigenvalue weighted by molar-refractivity contribution is 5.94. The lowest BCUT2D eigenvalue weighted by molar-refractivity contribution is -0.143. The summed E-state index contributed by atoms with van der Waals surface area (Å²) in [6.07, 6.45) is -0.906. The van der Waals surface area contributed by atoms with Crippen LogP contribution >= 0.6 is 0 Å². The minimum absolute atomic E-state index is 0.136. The van der Waals surface area contributed by atoms with Crippen LogP contribution in [0.2, 0.25) is 0 Å². The highest BCUT2D eigenvalue weighted by Gasteiger charge is 2.32. The Kier molecular flexibility index (Phi) is 12.7. The third kappa shape index (κ3) is 11.3. The van der Waals surface area contributed by atoms with Gasteiger partial charge in [-0.15, -0.1) is 0 Å². The normalized spacial score (nSPS) is 14.6. The fourth-order valence-electron chi connectivity index (χ4n) is 2.79. The van der Waals surface area contributed by atoms with Gasteiger partial charge in [-0.2, -0.15) is 0 Å². The van der Waals surface area contributed by atoms with E-state index >= 15 is 0 Å². The number of amides is 4. The lowest BCUT2D eigenvalue weighted by atomic mass is 10.0. The van der Waals surface area contributed by atoms with Crippen molar-refractivity contribution in [2.75, 3.05) is 0 Å². The van der Waals surface area contributed by atoms with E-state index in [1.165, 1.54) is 0 Å². The summed E-state index contributed by atoms with van der Waals surface area (Å²) in [5, 5.41) is 25.2. The number of nitrogens with one attached hydrogen (secondary N) is 3. The van der Waals surface area contributed by atoms with Gasteiger partial charge in [0.15, 0.2) is 0 Å². The van der Waals surface area contributed by atoms with Gasteiger partial charge in [-0.1, -0.05) is 27.7 Å². The zero-order valence-electron chi connectivity index (χ0n) is 19.3. The summed E-state index contributed by atoms with van der Waals surface area (Å²) < 4.78 is 0. The van der Waals surface area contributed by atoms with Gasteiger partial charge in [-0.25, -0.2) is 4.79 Å². The number of carboxylic acid groups (broad SMARTS) is 2. The molecule has 0 heterocycles. The van der Waals surface area contributed by atoms with Gasteiger partial charge in [0.1, 0.15) is 18.1 Å². The molecule has 0 bridgehead atoms. The Morgan fingerprint density at radius 3 is 1.67 bits per heavy atom. The van der Waals surface area contributed by atoms with Crippen LogP contribution in [0.5, 0.6) is 0 Å². The maximum atomic E-state index is 12.8. The quantitative estimate of drug-likeness (QED) is 0.143. The zero-order valence-corrected chi connectivity index (χ0v) is 19.3. The van der Waals surface area contributed by atoms with E-state index in [2.05, 4.69) is 16.0 Å². The fourth-order valence-corrected chi connectivity index (χ4v) is 2.79. The maximum Gasteiger partial charge on any atom is 0.326 e. The number of aliphatic carboxylic acids is 2. The molecule has 0 saturated heterocycles. The van der Waals surface area contributed by atoms with Crippen molar-refractivity contribution in [1.82, 2.24) is 16.0 Å². The first kappa shape index (κ1) is 29.8. The molecule has 0 aliphatic heterocycles. The topological polar surface area (TPSA) is 231 Å². The molecule has 0 aromatic heterocycles. The smallest absolute Gasteiger partial charge is 0.326 e. The summed E-state index contributed by atoms with van der Waals surface area (Å²) in [5.41, 5.74) is 10.8. The SMILES string of the molecule is CC(C)C(NC(=O)C(CCC(N)=O)NC(=O)C(NC(=O)C(N)CCC(=O)O)C(C)C)C(=O)O. The molecule has 33 heavy (non-hydrogen) atoms. The molecule has 13 heteroatoms. The molecule has 4 atom stereocenters. The molecule has 4 unspecified atom stereocenters. The van der Waals surface area contributed by atoms with Crippen LogP contribution in [0, 0.1) is 11.8 Å². The van der Waals surface area contributed by atoms with Crippen LogP contribution in [0.3, 0.4) is 0 Å². The lowest BCUT2D eigenvalue weighted by Gasteiger charge is -2.27. The molecule has 0 aliphatic carbocycles. The molecule has 0 aliphatic rings. The van der Waals surface area contributed by atoms with Gasteiger partial charge in [-0.05, 0) is 24.7 Å². The molecule has 4 amide bonds. The van der Waals surface area contributed by atoms with Crippen molar-refractivity contribution in [3.63, 3.8) is 0 Å². The second-order valence-electron chi connectivity index (χ2n) is 8.40. The summed E-state index contributed by atoms with van der Waals surface area (Å²) in [4.78, 5) is 71.1. The molecule has 0 aromatic rings. The molecule has 0 rings (SSSR count). The summed E-state index contributed by atoms with van der Waals surface area (Å²) in [7, 11) is 0. The summed E-state index contributed by atoms with van der Waals surface area (Å²) in [6, 6.07) is -4.80. The third-order valence-electron chi connectivity index (χ3n) is 4.80. The molecule has 188 valence electrons.